The van der Waals surface area contributed by atoms with Gasteiger partial charge >= 0.3 is 0 Å². The van der Waals surface area contributed by atoms with Gasteiger partial charge in [0.05, 0.1) is 0 Å². The number of hydrogen-bond acceptors (Lipinski definition) is 1. The Morgan fingerprint density at radius 2 is 1.50 bits per heavy atom. The molecule has 2 nitrogen and oxygen atoms in total. The summed E-state index contributed by atoms with van der Waals surface area (Å²) < 4.78 is 0. The van der Waals surface area contributed by atoms with Gasteiger partial charge in [-0.2, -0.15) is 0 Å². The van der Waals surface area contributed by atoms with E-state index in [0.29, 0.717) is 5.92 Å². The van der Waals surface area contributed by atoms with Crippen molar-refractivity contribution in [3.63, 3.8) is 0 Å². The molecule has 1 amide bonds. The van der Waals surface area contributed by atoms with Crippen molar-refractivity contribution in [2.24, 2.45) is 0 Å². The molecule has 1 aromatic carbocycles. The predicted molar refractivity (Wildman–Crippen MR) is 117 cm³/mol. The molecular formula is C23H40ClNO. The third-order valence-corrected chi connectivity index (χ3v) is 5.29. The molecule has 1 rings (SSSR count). The zero-order valence-corrected chi connectivity index (χ0v) is 18.2. The molecule has 26 heavy (non-hydrogen) atoms. The molecule has 1 atom stereocenters. The molecule has 0 aliphatic carbocycles. The highest BCUT2D eigenvalue weighted by atomic mass is 35.5. The van der Waals surface area contributed by atoms with E-state index in [1.54, 1.807) is 7.05 Å². The Labute approximate surface area is 167 Å². The van der Waals surface area contributed by atoms with Crippen LogP contribution in [-0.4, -0.2) is 13.0 Å². The normalized spacial score (nSPS) is 11.7. The molecule has 0 aliphatic heterocycles. The van der Waals surface area contributed by atoms with Crippen LogP contribution in [0.5, 0.6) is 0 Å². The lowest BCUT2D eigenvalue weighted by Gasteiger charge is -2.22. The van der Waals surface area contributed by atoms with E-state index in [-0.39, 0.29) is 18.3 Å². The first-order chi connectivity index (χ1) is 12.2. The van der Waals surface area contributed by atoms with Crippen LogP contribution in [0.15, 0.2) is 18.2 Å². The summed E-state index contributed by atoms with van der Waals surface area (Å²) in [5.74, 6) is 0.654. The predicted octanol–water partition coefficient (Wildman–Crippen LogP) is 7.05. The highest BCUT2D eigenvalue weighted by Gasteiger charge is 2.19. The molecule has 0 fully saturated rings. The van der Waals surface area contributed by atoms with Crippen molar-refractivity contribution in [2.75, 3.05) is 7.05 Å². The second kappa shape index (κ2) is 15.1. The molecular weight excluding hydrogens is 342 g/mol. The fourth-order valence-electron chi connectivity index (χ4n) is 3.82. The van der Waals surface area contributed by atoms with E-state index in [1.165, 1.54) is 75.3 Å². The van der Waals surface area contributed by atoms with Crippen LogP contribution < -0.4 is 5.32 Å². The SMILES string of the molecule is CCCCCCCC(CCCCC)c1cccc(C(=O)NC)c1CC.Cl. The molecule has 0 spiro atoms. The van der Waals surface area contributed by atoms with Gasteiger partial charge in [0.15, 0.2) is 0 Å². The van der Waals surface area contributed by atoms with Crippen molar-refractivity contribution >= 4 is 18.3 Å². The molecule has 150 valence electrons. The lowest BCUT2D eigenvalue weighted by molar-refractivity contribution is 0.0962. The number of rotatable bonds is 13. The number of unbranched alkanes of at least 4 members (excludes halogenated alkanes) is 6. The standard InChI is InChI=1S/C23H39NO.ClH/c1-5-8-10-11-13-16-19(15-12-9-6-2)21-17-14-18-22(20(21)7-3)23(25)24-4;/h14,17-19H,5-13,15-16H2,1-4H3,(H,24,25);1H. The summed E-state index contributed by atoms with van der Waals surface area (Å²) in [5, 5.41) is 2.80. The summed E-state index contributed by atoms with van der Waals surface area (Å²) >= 11 is 0. The van der Waals surface area contributed by atoms with Gasteiger partial charge in [-0.15, -0.1) is 12.4 Å². The minimum Gasteiger partial charge on any atom is -0.355 e. The Morgan fingerprint density at radius 3 is 2.08 bits per heavy atom. The van der Waals surface area contributed by atoms with Crippen LogP contribution in [0.2, 0.25) is 0 Å². The highest BCUT2D eigenvalue weighted by molar-refractivity contribution is 5.95. The first kappa shape index (κ1) is 25.0. The van der Waals surface area contributed by atoms with Gasteiger partial charge < -0.3 is 5.32 Å². The fourth-order valence-corrected chi connectivity index (χ4v) is 3.82. The lowest BCUT2D eigenvalue weighted by Crippen LogP contribution is -2.20. The molecule has 0 aliphatic rings. The Hall–Kier alpha value is -1.02. The molecule has 3 heteroatoms. The van der Waals surface area contributed by atoms with E-state index in [9.17, 15) is 4.79 Å². The smallest absolute Gasteiger partial charge is 0.251 e. The van der Waals surface area contributed by atoms with Crippen LogP contribution in [0.25, 0.3) is 0 Å². The van der Waals surface area contributed by atoms with Crippen LogP contribution in [0.1, 0.15) is 112 Å². The van der Waals surface area contributed by atoms with E-state index in [0.717, 1.165) is 12.0 Å². The van der Waals surface area contributed by atoms with Gasteiger partial charge in [0, 0.05) is 12.6 Å². The summed E-state index contributed by atoms with van der Waals surface area (Å²) in [6.45, 7) is 6.71. The van der Waals surface area contributed by atoms with Crippen LogP contribution in [0.4, 0.5) is 0 Å². The average molecular weight is 382 g/mol. The van der Waals surface area contributed by atoms with Crippen molar-refractivity contribution in [1.29, 1.82) is 0 Å². The summed E-state index contributed by atoms with van der Waals surface area (Å²) in [7, 11) is 1.72. The molecule has 0 radical (unpaired) electrons. The number of benzene rings is 1. The second-order valence-electron chi connectivity index (χ2n) is 7.20. The number of carbonyl (C=O) groups excluding carboxylic acids is 1. The molecule has 1 unspecified atom stereocenters. The summed E-state index contributed by atoms with van der Waals surface area (Å²) in [5.41, 5.74) is 3.56. The Kier molecular flexibility index (Phi) is 14.5. The monoisotopic (exact) mass is 381 g/mol. The van der Waals surface area contributed by atoms with Gasteiger partial charge in [-0.05, 0) is 42.4 Å². The molecule has 0 heterocycles. The first-order valence-electron chi connectivity index (χ1n) is 10.5. The minimum atomic E-state index is 0. The van der Waals surface area contributed by atoms with Crippen LogP contribution in [0.3, 0.4) is 0 Å². The van der Waals surface area contributed by atoms with Crippen LogP contribution >= 0.6 is 12.4 Å². The molecule has 1 N–H and O–H groups in total. The summed E-state index contributed by atoms with van der Waals surface area (Å²) in [6.07, 6.45) is 14.0. The van der Waals surface area contributed by atoms with E-state index in [4.69, 9.17) is 0 Å². The molecule has 0 bridgehead atoms. The molecule has 0 aromatic heterocycles. The van der Waals surface area contributed by atoms with Gasteiger partial charge in [-0.25, -0.2) is 0 Å². The number of amides is 1. The number of carbonyl (C=O) groups is 1. The van der Waals surface area contributed by atoms with Gasteiger partial charge in [0.2, 0.25) is 0 Å². The maximum absolute atomic E-state index is 12.2. The van der Waals surface area contributed by atoms with Crippen LogP contribution in [0, 0.1) is 0 Å². The summed E-state index contributed by atoms with van der Waals surface area (Å²) in [4.78, 5) is 12.2. The third-order valence-electron chi connectivity index (χ3n) is 5.29. The number of halogens is 1. The van der Waals surface area contributed by atoms with Crippen molar-refractivity contribution in [3.05, 3.63) is 34.9 Å². The number of hydrogen-bond donors (Lipinski definition) is 1. The van der Waals surface area contributed by atoms with Gasteiger partial charge in [0.25, 0.3) is 5.91 Å². The average Bonchev–Trinajstić information content (AvgIpc) is 2.65. The van der Waals surface area contributed by atoms with Crippen molar-refractivity contribution in [3.8, 4) is 0 Å². The molecule has 1 aromatic rings. The van der Waals surface area contributed by atoms with Gasteiger partial charge in [-0.1, -0.05) is 84.3 Å². The van der Waals surface area contributed by atoms with Gasteiger partial charge in [-0.3, -0.25) is 4.79 Å². The van der Waals surface area contributed by atoms with Crippen molar-refractivity contribution in [1.82, 2.24) is 5.32 Å². The van der Waals surface area contributed by atoms with Crippen molar-refractivity contribution < 1.29 is 4.79 Å². The van der Waals surface area contributed by atoms with Crippen LogP contribution in [-0.2, 0) is 6.42 Å². The lowest BCUT2D eigenvalue weighted by atomic mass is 9.83. The van der Waals surface area contributed by atoms with E-state index >= 15 is 0 Å². The number of nitrogens with one attached hydrogen (secondary N) is 1. The van der Waals surface area contributed by atoms with Crippen molar-refractivity contribution in [2.45, 2.75) is 97.3 Å². The fraction of sp³-hybridized carbons (Fsp3) is 0.696. The zero-order chi connectivity index (χ0) is 18.5. The van der Waals surface area contributed by atoms with E-state index in [2.05, 4.69) is 38.2 Å². The topological polar surface area (TPSA) is 29.1 Å². The zero-order valence-electron chi connectivity index (χ0n) is 17.4. The third kappa shape index (κ3) is 8.12. The Morgan fingerprint density at radius 1 is 0.923 bits per heavy atom. The largest absolute Gasteiger partial charge is 0.355 e. The molecule has 0 saturated carbocycles. The van der Waals surface area contributed by atoms with Gasteiger partial charge in [0.1, 0.15) is 0 Å². The minimum absolute atomic E-state index is 0. The summed E-state index contributed by atoms with van der Waals surface area (Å²) in [6, 6.07) is 6.32. The highest BCUT2D eigenvalue weighted by Crippen LogP contribution is 2.32. The maximum atomic E-state index is 12.2. The first-order valence-corrected chi connectivity index (χ1v) is 10.5. The Balaban J connectivity index is 0.00000625. The Bertz CT molecular complexity index is 501. The maximum Gasteiger partial charge on any atom is 0.251 e. The molecule has 0 saturated heterocycles. The second-order valence-corrected chi connectivity index (χ2v) is 7.20. The van der Waals surface area contributed by atoms with E-state index < -0.39 is 0 Å². The van der Waals surface area contributed by atoms with E-state index in [1.807, 2.05) is 6.07 Å². The quantitative estimate of drug-likeness (QED) is 0.364.